The van der Waals surface area contributed by atoms with Gasteiger partial charge in [0.25, 0.3) is 15.8 Å². The number of benzene rings is 3. The minimum absolute atomic E-state index is 0.0117. The smallest absolute Gasteiger partial charge is 0.299 e. The van der Waals surface area contributed by atoms with Gasteiger partial charge in [-0.1, -0.05) is 36.4 Å². The lowest BCUT2D eigenvalue weighted by molar-refractivity contribution is -0.384. The Hall–Kier alpha value is -3.37. The first kappa shape index (κ1) is 18.4. The van der Waals surface area contributed by atoms with Crippen molar-refractivity contribution < 1.29 is 23.0 Å². The summed E-state index contributed by atoms with van der Waals surface area (Å²) in [7, 11) is -4.58. The van der Waals surface area contributed by atoms with Crippen molar-refractivity contribution in [2.75, 3.05) is 0 Å². The average molecular weight is 387 g/mol. The van der Waals surface area contributed by atoms with Crippen molar-refractivity contribution in [3.8, 4) is 5.75 Å². The minimum atomic E-state index is -4.58. The van der Waals surface area contributed by atoms with Crippen LogP contribution in [0.4, 0.5) is 17.1 Å². The van der Waals surface area contributed by atoms with E-state index in [0.717, 1.165) is 6.07 Å². The molecule has 0 heterocycles. The molecule has 0 radical (unpaired) electrons. The zero-order valence-corrected chi connectivity index (χ0v) is 14.7. The molecular weight excluding hydrogens is 374 g/mol. The highest BCUT2D eigenvalue weighted by Gasteiger charge is 2.20. The molecule has 2 N–H and O–H groups in total. The summed E-state index contributed by atoms with van der Waals surface area (Å²) in [6.07, 6.45) is 0. The molecule has 138 valence electrons. The lowest BCUT2D eigenvalue weighted by atomic mass is 10.1. The van der Waals surface area contributed by atoms with Crippen LogP contribution in [0.25, 0.3) is 10.8 Å². The number of azo groups is 1. The summed E-state index contributed by atoms with van der Waals surface area (Å²) in [5.74, 6) is -0.541. The van der Waals surface area contributed by atoms with Gasteiger partial charge in [0, 0.05) is 22.4 Å². The van der Waals surface area contributed by atoms with Crippen molar-refractivity contribution >= 4 is 38.0 Å². The van der Waals surface area contributed by atoms with Crippen LogP contribution in [0, 0.1) is 17.0 Å². The summed E-state index contributed by atoms with van der Waals surface area (Å²) in [6, 6.07) is 11.5. The number of phenols is 1. The summed E-state index contributed by atoms with van der Waals surface area (Å²) in [5, 5.41) is 29.6. The van der Waals surface area contributed by atoms with Crippen LogP contribution in [-0.2, 0) is 10.1 Å². The van der Waals surface area contributed by atoms with Crippen LogP contribution >= 0.6 is 0 Å². The molecule has 0 spiro atoms. The number of para-hydroxylation sites is 1. The molecule has 0 amide bonds. The number of fused-ring (bicyclic) bond motifs is 1. The third kappa shape index (κ3) is 3.48. The first-order chi connectivity index (χ1) is 12.7. The van der Waals surface area contributed by atoms with E-state index >= 15 is 0 Å². The number of rotatable bonds is 4. The standard InChI is InChI=1S/C17H13N3O6S/c1-10-5-4-8-13(17(10)20(22)23)18-19-16-12-7-3-2-6-11(12)15(9-14(16)21)27(24,25)26/h2-9,21H,1H3,(H,24,25,26). The van der Waals surface area contributed by atoms with E-state index in [1.54, 1.807) is 31.2 Å². The van der Waals surface area contributed by atoms with Crippen LogP contribution in [0.3, 0.4) is 0 Å². The molecule has 27 heavy (non-hydrogen) atoms. The predicted molar refractivity (Wildman–Crippen MR) is 97.4 cm³/mol. The lowest BCUT2D eigenvalue weighted by Gasteiger charge is -2.08. The summed E-state index contributed by atoms with van der Waals surface area (Å²) in [4.78, 5) is 10.2. The lowest BCUT2D eigenvalue weighted by Crippen LogP contribution is -1.99. The minimum Gasteiger partial charge on any atom is -0.506 e. The fraction of sp³-hybridized carbons (Fsp3) is 0.0588. The number of aryl methyl sites for hydroxylation is 1. The Morgan fingerprint density at radius 2 is 1.70 bits per heavy atom. The summed E-state index contributed by atoms with van der Waals surface area (Å²) < 4.78 is 32.5. The highest BCUT2D eigenvalue weighted by Crippen LogP contribution is 2.40. The highest BCUT2D eigenvalue weighted by molar-refractivity contribution is 7.86. The van der Waals surface area contributed by atoms with Gasteiger partial charge in [-0.2, -0.15) is 8.42 Å². The highest BCUT2D eigenvalue weighted by atomic mass is 32.2. The molecule has 0 aliphatic heterocycles. The Bertz CT molecular complexity index is 1200. The maximum atomic E-state index is 11.6. The van der Waals surface area contributed by atoms with Crippen molar-refractivity contribution in [2.24, 2.45) is 10.2 Å². The van der Waals surface area contributed by atoms with E-state index < -0.39 is 25.7 Å². The molecule has 0 aromatic heterocycles. The van der Waals surface area contributed by atoms with Crippen molar-refractivity contribution in [1.82, 2.24) is 0 Å². The molecule has 0 saturated heterocycles. The molecule has 3 aromatic carbocycles. The van der Waals surface area contributed by atoms with Crippen LogP contribution in [-0.4, -0.2) is 23.0 Å². The van der Waals surface area contributed by atoms with Crippen LogP contribution in [0.2, 0.25) is 0 Å². The van der Waals surface area contributed by atoms with Gasteiger partial charge in [-0.3, -0.25) is 14.7 Å². The molecular formula is C17H13N3O6S. The van der Waals surface area contributed by atoms with Gasteiger partial charge in [-0.15, -0.1) is 10.2 Å². The molecule has 0 bridgehead atoms. The summed E-state index contributed by atoms with van der Waals surface area (Å²) in [5.41, 5.74) is 0.0861. The average Bonchev–Trinajstić information content (AvgIpc) is 2.59. The van der Waals surface area contributed by atoms with Crippen LogP contribution in [0.15, 0.2) is 63.7 Å². The molecule has 0 aliphatic rings. The van der Waals surface area contributed by atoms with Gasteiger partial charge in [0.15, 0.2) is 5.69 Å². The van der Waals surface area contributed by atoms with E-state index in [0.29, 0.717) is 5.56 Å². The third-order valence-corrected chi connectivity index (χ3v) is 4.79. The fourth-order valence-electron chi connectivity index (χ4n) is 2.70. The maximum absolute atomic E-state index is 11.6. The fourth-order valence-corrected chi connectivity index (χ4v) is 3.41. The van der Waals surface area contributed by atoms with Crippen LogP contribution in [0.1, 0.15) is 5.56 Å². The third-order valence-electron chi connectivity index (χ3n) is 3.89. The van der Waals surface area contributed by atoms with Gasteiger partial charge < -0.3 is 5.11 Å². The number of nitro benzene ring substituents is 1. The molecule has 0 saturated carbocycles. The number of phenolic OH excluding ortho intramolecular Hbond substituents is 1. The van der Waals surface area contributed by atoms with Gasteiger partial charge in [-0.25, -0.2) is 0 Å². The van der Waals surface area contributed by atoms with Crippen LogP contribution < -0.4 is 0 Å². The second-order valence-electron chi connectivity index (χ2n) is 5.66. The van der Waals surface area contributed by atoms with Gasteiger partial charge in [0.05, 0.1) is 4.92 Å². The zero-order valence-electron chi connectivity index (χ0n) is 13.9. The van der Waals surface area contributed by atoms with E-state index in [1.807, 2.05) is 0 Å². The molecule has 10 heteroatoms. The predicted octanol–water partition coefficient (Wildman–Crippen LogP) is 4.42. The normalized spacial score (nSPS) is 11.9. The molecule has 3 rings (SSSR count). The summed E-state index contributed by atoms with van der Waals surface area (Å²) in [6.45, 7) is 1.56. The van der Waals surface area contributed by atoms with E-state index in [4.69, 9.17) is 0 Å². The van der Waals surface area contributed by atoms with Crippen molar-refractivity contribution in [2.45, 2.75) is 11.8 Å². The first-order valence-electron chi connectivity index (χ1n) is 7.58. The van der Waals surface area contributed by atoms with E-state index in [2.05, 4.69) is 10.2 Å². The SMILES string of the molecule is Cc1cccc(N=Nc2c(O)cc(S(=O)(=O)O)c3ccccc23)c1[N+](=O)[O-]. The maximum Gasteiger partial charge on any atom is 0.299 e. The Kier molecular flexibility index (Phi) is 4.60. The topological polar surface area (TPSA) is 142 Å². The Morgan fingerprint density at radius 3 is 2.33 bits per heavy atom. The Balaban J connectivity index is 2.23. The van der Waals surface area contributed by atoms with E-state index in [-0.39, 0.29) is 27.8 Å². The second-order valence-corrected chi connectivity index (χ2v) is 7.05. The largest absolute Gasteiger partial charge is 0.506 e. The monoisotopic (exact) mass is 387 g/mol. The Morgan fingerprint density at radius 1 is 1.04 bits per heavy atom. The number of hydrogen-bond acceptors (Lipinski definition) is 7. The zero-order chi connectivity index (χ0) is 19.8. The number of nitrogens with zero attached hydrogens (tertiary/aromatic N) is 3. The second kappa shape index (κ2) is 6.74. The summed E-state index contributed by atoms with van der Waals surface area (Å²) >= 11 is 0. The molecule has 0 unspecified atom stereocenters. The number of nitro groups is 1. The van der Waals surface area contributed by atoms with Gasteiger partial charge >= 0.3 is 0 Å². The van der Waals surface area contributed by atoms with E-state index in [9.17, 15) is 28.2 Å². The quantitative estimate of drug-likeness (QED) is 0.293. The Labute approximate surface area is 153 Å². The van der Waals surface area contributed by atoms with Gasteiger partial charge in [0.1, 0.15) is 16.3 Å². The van der Waals surface area contributed by atoms with Gasteiger partial charge in [0.2, 0.25) is 0 Å². The molecule has 0 fully saturated rings. The van der Waals surface area contributed by atoms with Crippen LogP contribution in [0.5, 0.6) is 5.75 Å². The van der Waals surface area contributed by atoms with Gasteiger partial charge in [-0.05, 0) is 13.0 Å². The molecule has 9 nitrogen and oxygen atoms in total. The van der Waals surface area contributed by atoms with Crippen molar-refractivity contribution in [3.05, 3.63) is 64.2 Å². The van der Waals surface area contributed by atoms with Crippen molar-refractivity contribution in [3.63, 3.8) is 0 Å². The first-order valence-corrected chi connectivity index (χ1v) is 9.02. The molecule has 3 aromatic rings. The van der Waals surface area contributed by atoms with Crippen molar-refractivity contribution in [1.29, 1.82) is 0 Å². The van der Waals surface area contributed by atoms with E-state index in [1.165, 1.54) is 18.2 Å². The molecule has 0 aliphatic carbocycles. The number of aromatic hydroxyl groups is 1. The number of hydrogen-bond donors (Lipinski definition) is 2. The molecule has 0 atom stereocenters.